The third kappa shape index (κ3) is 18.3. The molecule has 13 heavy (non-hydrogen) atoms. The second-order valence-electron chi connectivity index (χ2n) is 2.81. The van der Waals surface area contributed by atoms with Crippen LogP contribution in [0.4, 0.5) is 0 Å². The van der Waals surface area contributed by atoms with Gasteiger partial charge < -0.3 is 5.32 Å². The molecule has 3 heteroatoms. The van der Waals surface area contributed by atoms with E-state index in [0.717, 1.165) is 19.4 Å². The third-order valence-electron chi connectivity index (χ3n) is 1.46. The molecule has 0 aromatic heterocycles. The summed E-state index contributed by atoms with van der Waals surface area (Å²) in [5.74, 6) is 0.391. The van der Waals surface area contributed by atoms with Gasteiger partial charge in [-0.2, -0.15) is 0 Å². The van der Waals surface area contributed by atoms with Gasteiger partial charge in [0.05, 0.1) is 0 Å². The lowest BCUT2D eigenvalue weighted by atomic mass is 10.3. The Hall–Kier alpha value is -0.700. The number of rotatable bonds is 5. The molecule has 0 heterocycles. The first kappa shape index (κ1) is 14.8. The number of hydrogen-bond acceptors (Lipinski definition) is 2. The maximum absolute atomic E-state index is 6.91. The van der Waals surface area contributed by atoms with E-state index in [1.165, 1.54) is 12.8 Å². The average Bonchev–Trinajstić information content (AvgIpc) is 2.16. The van der Waals surface area contributed by atoms with Gasteiger partial charge in [0.25, 0.3) is 0 Å². The van der Waals surface area contributed by atoms with Crippen LogP contribution in [-0.4, -0.2) is 26.1 Å². The van der Waals surface area contributed by atoms with Crippen molar-refractivity contribution >= 4 is 12.6 Å². The van der Waals surface area contributed by atoms with E-state index in [1.807, 2.05) is 14.0 Å². The van der Waals surface area contributed by atoms with Crippen molar-refractivity contribution in [3.8, 4) is 0 Å². The molecule has 0 aromatic carbocycles. The molecule has 0 spiro atoms. The van der Waals surface area contributed by atoms with Gasteiger partial charge in [-0.25, -0.2) is 4.99 Å². The molecule has 0 fully saturated rings. The minimum atomic E-state index is 0.391. The number of nitrogens with zero attached hydrogens (tertiary/aromatic N) is 1. The molecule has 0 aliphatic heterocycles. The molecule has 0 bridgehead atoms. The minimum Gasteiger partial charge on any atom is -0.320 e. The monoisotopic (exact) mass is 185 g/mol. The Morgan fingerprint density at radius 1 is 1.38 bits per heavy atom. The number of unbranched alkanes of at least 4 members (excludes halogenated alkanes) is 1. The van der Waals surface area contributed by atoms with E-state index in [2.05, 4.69) is 24.0 Å². The van der Waals surface area contributed by atoms with Crippen molar-refractivity contribution in [3.63, 3.8) is 0 Å². The lowest BCUT2D eigenvalue weighted by Gasteiger charge is -1.89. The van der Waals surface area contributed by atoms with Crippen molar-refractivity contribution in [1.82, 2.24) is 5.32 Å². The molecule has 78 valence electrons. The van der Waals surface area contributed by atoms with Gasteiger partial charge in [-0.05, 0) is 33.2 Å². The van der Waals surface area contributed by atoms with E-state index in [4.69, 9.17) is 5.41 Å². The van der Waals surface area contributed by atoms with Gasteiger partial charge in [0.15, 0.2) is 0 Å². The molecule has 2 N–H and O–H groups in total. The fourth-order valence-electron chi connectivity index (χ4n) is 0.669. The van der Waals surface area contributed by atoms with E-state index < -0.39 is 0 Å². The smallest absolute Gasteiger partial charge is 0.119 e. The average molecular weight is 185 g/mol. The highest BCUT2D eigenvalue weighted by Gasteiger charge is 1.83. The SMILES string of the molecule is C=NC(=N)CCC.CCCCNC. The Morgan fingerprint density at radius 3 is 2.15 bits per heavy atom. The Balaban J connectivity index is 0. The topological polar surface area (TPSA) is 48.2 Å². The molecule has 3 nitrogen and oxygen atoms in total. The molecule has 0 aliphatic carbocycles. The summed E-state index contributed by atoms with van der Waals surface area (Å²) in [6, 6.07) is 0. The zero-order valence-electron chi connectivity index (χ0n) is 9.19. The van der Waals surface area contributed by atoms with Crippen LogP contribution in [0.5, 0.6) is 0 Å². The summed E-state index contributed by atoms with van der Waals surface area (Å²) < 4.78 is 0. The summed E-state index contributed by atoms with van der Waals surface area (Å²) in [7, 11) is 1.98. The summed E-state index contributed by atoms with van der Waals surface area (Å²) in [4.78, 5) is 3.41. The summed E-state index contributed by atoms with van der Waals surface area (Å²) in [5.41, 5.74) is 0. The lowest BCUT2D eigenvalue weighted by Crippen LogP contribution is -2.06. The summed E-state index contributed by atoms with van der Waals surface area (Å²) in [6.45, 7) is 8.57. The van der Waals surface area contributed by atoms with Gasteiger partial charge in [0, 0.05) is 6.42 Å². The van der Waals surface area contributed by atoms with Crippen LogP contribution in [0, 0.1) is 5.41 Å². The molecule has 0 aliphatic rings. The second kappa shape index (κ2) is 13.9. The standard InChI is InChI=1S/C5H10N2.C5H13N/c1-3-4-5(6)7-2;1-3-4-5-6-2/h6H,2-4H2,1H3;6H,3-5H2,1-2H3. The maximum Gasteiger partial charge on any atom is 0.119 e. The summed E-state index contributed by atoms with van der Waals surface area (Å²) in [5, 5.41) is 9.98. The van der Waals surface area contributed by atoms with Crippen LogP contribution in [0.15, 0.2) is 4.99 Å². The van der Waals surface area contributed by atoms with Crippen LogP contribution < -0.4 is 5.32 Å². The number of nitrogens with one attached hydrogen (secondary N) is 2. The lowest BCUT2D eigenvalue weighted by molar-refractivity contribution is 0.711. The van der Waals surface area contributed by atoms with Crippen molar-refractivity contribution in [2.24, 2.45) is 4.99 Å². The maximum atomic E-state index is 6.91. The predicted molar refractivity (Wildman–Crippen MR) is 61.0 cm³/mol. The summed E-state index contributed by atoms with van der Waals surface area (Å²) in [6.07, 6.45) is 4.33. The number of amidine groups is 1. The highest BCUT2D eigenvalue weighted by molar-refractivity contribution is 5.83. The van der Waals surface area contributed by atoms with Crippen molar-refractivity contribution in [1.29, 1.82) is 5.41 Å². The van der Waals surface area contributed by atoms with Crippen LogP contribution in [0.25, 0.3) is 0 Å². The molecule has 0 saturated carbocycles. The van der Waals surface area contributed by atoms with Crippen LogP contribution in [-0.2, 0) is 0 Å². The van der Waals surface area contributed by atoms with E-state index >= 15 is 0 Å². The highest BCUT2D eigenvalue weighted by atomic mass is 14.8. The number of aliphatic imine (C=N–C) groups is 1. The second-order valence-corrected chi connectivity index (χ2v) is 2.81. The Morgan fingerprint density at radius 2 is 2.00 bits per heavy atom. The predicted octanol–water partition coefficient (Wildman–Crippen LogP) is 2.47. The molecule has 0 rings (SSSR count). The van der Waals surface area contributed by atoms with Crippen LogP contribution in [0.1, 0.15) is 39.5 Å². The molecule has 0 radical (unpaired) electrons. The molecular weight excluding hydrogens is 162 g/mol. The first-order chi connectivity index (χ1) is 6.22. The van der Waals surface area contributed by atoms with Crippen LogP contribution >= 0.6 is 0 Å². The van der Waals surface area contributed by atoms with Crippen LogP contribution in [0.2, 0.25) is 0 Å². The molecule has 0 unspecified atom stereocenters. The van der Waals surface area contributed by atoms with E-state index in [0.29, 0.717) is 5.84 Å². The molecule has 0 saturated heterocycles. The highest BCUT2D eigenvalue weighted by Crippen LogP contribution is 1.87. The normalized spacial score (nSPS) is 8.54. The largest absolute Gasteiger partial charge is 0.320 e. The Bertz CT molecular complexity index is 117. The van der Waals surface area contributed by atoms with Crippen molar-refractivity contribution < 1.29 is 0 Å². The van der Waals surface area contributed by atoms with Gasteiger partial charge in [-0.15, -0.1) is 0 Å². The molecule has 0 atom stereocenters. The third-order valence-corrected chi connectivity index (χ3v) is 1.46. The first-order valence-electron chi connectivity index (χ1n) is 4.91. The first-order valence-corrected chi connectivity index (χ1v) is 4.91. The Labute approximate surface area is 82.2 Å². The van der Waals surface area contributed by atoms with Gasteiger partial charge in [0.2, 0.25) is 0 Å². The van der Waals surface area contributed by atoms with Crippen LogP contribution in [0.3, 0.4) is 0 Å². The fourth-order valence-corrected chi connectivity index (χ4v) is 0.669. The van der Waals surface area contributed by atoms with E-state index in [-0.39, 0.29) is 0 Å². The molecular formula is C10H23N3. The van der Waals surface area contributed by atoms with Crippen molar-refractivity contribution in [2.45, 2.75) is 39.5 Å². The van der Waals surface area contributed by atoms with Crippen molar-refractivity contribution in [3.05, 3.63) is 0 Å². The van der Waals surface area contributed by atoms with E-state index in [1.54, 1.807) is 0 Å². The molecule has 0 amide bonds. The van der Waals surface area contributed by atoms with E-state index in [9.17, 15) is 0 Å². The van der Waals surface area contributed by atoms with Gasteiger partial charge in [-0.3, -0.25) is 5.41 Å². The number of hydrogen-bond donors (Lipinski definition) is 2. The minimum absolute atomic E-state index is 0.391. The fraction of sp³-hybridized carbons (Fsp3) is 0.800. The van der Waals surface area contributed by atoms with Gasteiger partial charge in [0.1, 0.15) is 5.84 Å². The zero-order chi connectivity index (χ0) is 10.5. The quantitative estimate of drug-likeness (QED) is 0.386. The van der Waals surface area contributed by atoms with Gasteiger partial charge in [-0.1, -0.05) is 20.3 Å². The van der Waals surface area contributed by atoms with Gasteiger partial charge >= 0.3 is 0 Å². The Kier molecular flexibility index (Phi) is 15.8. The zero-order valence-corrected chi connectivity index (χ0v) is 9.19. The van der Waals surface area contributed by atoms with Crippen molar-refractivity contribution in [2.75, 3.05) is 13.6 Å². The molecule has 0 aromatic rings. The summed E-state index contributed by atoms with van der Waals surface area (Å²) >= 11 is 0.